The molecule has 0 saturated carbocycles. The van der Waals surface area contributed by atoms with Crippen LogP contribution >= 0.6 is 11.8 Å². The lowest BCUT2D eigenvalue weighted by Crippen LogP contribution is -1.83. The number of hydrogen-bond acceptors (Lipinski definition) is 1. The molecule has 0 aliphatic carbocycles. The normalized spacial score (nSPS) is 9.92. The third kappa shape index (κ3) is 3.69. The van der Waals surface area contributed by atoms with Gasteiger partial charge in [-0.2, -0.15) is 11.8 Å². The van der Waals surface area contributed by atoms with Crippen LogP contribution in [0.5, 0.6) is 0 Å². The first-order valence-electron chi connectivity index (χ1n) is 4.66. The van der Waals surface area contributed by atoms with Crippen LogP contribution in [0.1, 0.15) is 24.5 Å². The maximum atomic E-state index is 3.76. The van der Waals surface area contributed by atoms with Gasteiger partial charge in [0.05, 0.1) is 0 Å². The van der Waals surface area contributed by atoms with Crippen molar-refractivity contribution in [1.29, 1.82) is 0 Å². The van der Waals surface area contributed by atoms with E-state index in [0.29, 0.717) is 0 Å². The Morgan fingerprint density at radius 3 is 3.00 bits per heavy atom. The highest BCUT2D eigenvalue weighted by molar-refractivity contribution is 7.98. The summed E-state index contributed by atoms with van der Waals surface area (Å²) in [4.78, 5) is 0. The zero-order valence-electron chi connectivity index (χ0n) is 8.12. The fourth-order valence-corrected chi connectivity index (χ4v) is 1.99. The van der Waals surface area contributed by atoms with Crippen molar-refractivity contribution in [3.05, 3.63) is 42.0 Å². The van der Waals surface area contributed by atoms with Crippen LogP contribution in [-0.4, -0.2) is 5.75 Å². The highest BCUT2D eigenvalue weighted by atomic mass is 32.2. The van der Waals surface area contributed by atoms with Crippen LogP contribution < -0.4 is 0 Å². The molecule has 0 aliphatic heterocycles. The fraction of sp³-hybridized carbons (Fsp3) is 0.333. The molecule has 1 rings (SSSR count). The molecule has 0 aromatic heterocycles. The van der Waals surface area contributed by atoms with Crippen LogP contribution in [0.15, 0.2) is 30.8 Å². The first-order chi connectivity index (χ1) is 6.36. The van der Waals surface area contributed by atoms with Crippen molar-refractivity contribution < 1.29 is 0 Å². The zero-order chi connectivity index (χ0) is 9.52. The third-order valence-electron chi connectivity index (χ3n) is 1.80. The van der Waals surface area contributed by atoms with Gasteiger partial charge in [-0.3, -0.25) is 0 Å². The van der Waals surface area contributed by atoms with Gasteiger partial charge < -0.3 is 0 Å². The first kappa shape index (κ1) is 10.4. The molecular weight excluding hydrogens is 176 g/mol. The summed E-state index contributed by atoms with van der Waals surface area (Å²) < 4.78 is 0. The number of benzene rings is 1. The molecule has 0 N–H and O–H groups in total. The Bertz CT molecular complexity index is 266. The van der Waals surface area contributed by atoms with E-state index in [2.05, 4.69) is 37.8 Å². The molecule has 1 aromatic rings. The lowest BCUT2D eigenvalue weighted by atomic mass is 10.1. The standard InChI is InChI=1S/C12H16S/c1-3-8-13-10-12-7-5-6-11(4-2)9-12/h4-7,9H,2-3,8,10H2,1H3. The van der Waals surface area contributed by atoms with Crippen LogP contribution in [0.25, 0.3) is 6.08 Å². The van der Waals surface area contributed by atoms with E-state index in [1.54, 1.807) is 0 Å². The largest absolute Gasteiger partial charge is 0.157 e. The Kier molecular flexibility index (Phi) is 4.69. The van der Waals surface area contributed by atoms with Crippen LogP contribution in [0.2, 0.25) is 0 Å². The highest BCUT2D eigenvalue weighted by Crippen LogP contribution is 2.14. The summed E-state index contributed by atoms with van der Waals surface area (Å²) >= 11 is 1.99. The van der Waals surface area contributed by atoms with Gasteiger partial charge in [-0.25, -0.2) is 0 Å². The van der Waals surface area contributed by atoms with E-state index >= 15 is 0 Å². The van der Waals surface area contributed by atoms with Gasteiger partial charge in [-0.05, 0) is 23.3 Å². The van der Waals surface area contributed by atoms with E-state index in [9.17, 15) is 0 Å². The van der Waals surface area contributed by atoms with Gasteiger partial charge in [0, 0.05) is 5.75 Å². The molecule has 1 heteroatoms. The Balaban J connectivity index is 2.51. The van der Waals surface area contributed by atoms with E-state index in [-0.39, 0.29) is 0 Å². The molecule has 0 amide bonds. The monoisotopic (exact) mass is 192 g/mol. The van der Waals surface area contributed by atoms with Gasteiger partial charge in [-0.1, -0.05) is 43.8 Å². The Hall–Kier alpha value is -0.690. The summed E-state index contributed by atoms with van der Waals surface area (Å²) in [5, 5.41) is 0. The predicted octanol–water partition coefficient (Wildman–Crippen LogP) is 3.97. The third-order valence-corrected chi connectivity index (χ3v) is 3.04. The molecule has 0 spiro atoms. The predicted molar refractivity (Wildman–Crippen MR) is 63.0 cm³/mol. The number of hydrogen-bond donors (Lipinski definition) is 0. The second kappa shape index (κ2) is 5.87. The average molecular weight is 192 g/mol. The van der Waals surface area contributed by atoms with Gasteiger partial charge in [0.2, 0.25) is 0 Å². The Labute approximate surface area is 85.1 Å². The van der Waals surface area contributed by atoms with Crippen molar-refractivity contribution in [2.75, 3.05) is 5.75 Å². The summed E-state index contributed by atoms with van der Waals surface area (Å²) in [5.41, 5.74) is 2.62. The van der Waals surface area contributed by atoms with E-state index in [1.807, 2.05) is 17.8 Å². The molecule has 0 bridgehead atoms. The van der Waals surface area contributed by atoms with E-state index in [4.69, 9.17) is 0 Å². The number of rotatable bonds is 5. The van der Waals surface area contributed by atoms with Crippen LogP contribution in [0.4, 0.5) is 0 Å². The first-order valence-corrected chi connectivity index (χ1v) is 5.81. The van der Waals surface area contributed by atoms with Crippen molar-refractivity contribution in [3.63, 3.8) is 0 Å². The lowest BCUT2D eigenvalue weighted by molar-refractivity contribution is 1.10. The molecule has 13 heavy (non-hydrogen) atoms. The topological polar surface area (TPSA) is 0 Å². The summed E-state index contributed by atoms with van der Waals surface area (Å²) in [6, 6.07) is 8.56. The van der Waals surface area contributed by atoms with Gasteiger partial charge in [0.15, 0.2) is 0 Å². The zero-order valence-corrected chi connectivity index (χ0v) is 8.94. The van der Waals surface area contributed by atoms with E-state index < -0.39 is 0 Å². The van der Waals surface area contributed by atoms with Crippen LogP contribution in [0, 0.1) is 0 Å². The molecule has 0 aliphatic rings. The molecular formula is C12H16S. The maximum absolute atomic E-state index is 3.76. The molecule has 1 aromatic carbocycles. The van der Waals surface area contributed by atoms with Crippen molar-refractivity contribution >= 4 is 17.8 Å². The van der Waals surface area contributed by atoms with Crippen molar-refractivity contribution in [2.45, 2.75) is 19.1 Å². The fourth-order valence-electron chi connectivity index (χ4n) is 1.14. The van der Waals surface area contributed by atoms with Gasteiger partial charge in [0.1, 0.15) is 0 Å². The molecule has 0 radical (unpaired) electrons. The SMILES string of the molecule is C=Cc1cccc(CSCCC)c1. The quantitative estimate of drug-likeness (QED) is 0.636. The van der Waals surface area contributed by atoms with Crippen LogP contribution in [-0.2, 0) is 5.75 Å². The average Bonchev–Trinajstić information content (AvgIpc) is 2.19. The van der Waals surface area contributed by atoms with Crippen molar-refractivity contribution in [3.8, 4) is 0 Å². The minimum absolute atomic E-state index is 1.12. The van der Waals surface area contributed by atoms with E-state index in [0.717, 1.165) is 5.75 Å². The minimum atomic E-state index is 1.12. The Morgan fingerprint density at radius 2 is 2.31 bits per heavy atom. The maximum Gasteiger partial charge on any atom is 0.0184 e. The van der Waals surface area contributed by atoms with Gasteiger partial charge in [-0.15, -0.1) is 0 Å². The molecule has 0 fully saturated rings. The molecule has 0 saturated heterocycles. The van der Waals surface area contributed by atoms with Crippen LogP contribution in [0.3, 0.4) is 0 Å². The Morgan fingerprint density at radius 1 is 1.46 bits per heavy atom. The second-order valence-electron chi connectivity index (χ2n) is 3.00. The molecule has 0 heterocycles. The summed E-state index contributed by atoms with van der Waals surface area (Å²) in [7, 11) is 0. The summed E-state index contributed by atoms with van der Waals surface area (Å²) in [6.07, 6.45) is 3.15. The molecule has 70 valence electrons. The lowest BCUT2D eigenvalue weighted by Gasteiger charge is -2.01. The second-order valence-corrected chi connectivity index (χ2v) is 4.11. The number of thioether (sulfide) groups is 1. The smallest absolute Gasteiger partial charge is 0.0184 e. The molecule has 0 atom stereocenters. The minimum Gasteiger partial charge on any atom is -0.157 e. The van der Waals surface area contributed by atoms with Gasteiger partial charge >= 0.3 is 0 Å². The highest BCUT2D eigenvalue weighted by Gasteiger charge is 1.93. The van der Waals surface area contributed by atoms with E-state index in [1.165, 1.54) is 23.3 Å². The van der Waals surface area contributed by atoms with Gasteiger partial charge in [0.25, 0.3) is 0 Å². The molecule has 0 nitrogen and oxygen atoms in total. The molecule has 0 unspecified atom stereocenters. The van der Waals surface area contributed by atoms with Crippen molar-refractivity contribution in [2.24, 2.45) is 0 Å². The summed E-state index contributed by atoms with van der Waals surface area (Å²) in [6.45, 7) is 5.98. The summed E-state index contributed by atoms with van der Waals surface area (Å²) in [5.74, 6) is 2.37. The van der Waals surface area contributed by atoms with Crippen molar-refractivity contribution in [1.82, 2.24) is 0 Å².